The van der Waals surface area contributed by atoms with Crippen LogP contribution in [0.5, 0.6) is 0 Å². The molecule has 0 bridgehead atoms. The van der Waals surface area contributed by atoms with E-state index >= 15 is 0 Å². The van der Waals surface area contributed by atoms with Crippen LogP contribution in [-0.4, -0.2) is 23.7 Å². The van der Waals surface area contributed by atoms with E-state index in [9.17, 15) is 4.79 Å². The largest absolute Gasteiger partial charge is 0.480 e. The third-order valence-electron chi connectivity index (χ3n) is 2.84. The molecule has 17 heavy (non-hydrogen) atoms. The summed E-state index contributed by atoms with van der Waals surface area (Å²) < 4.78 is 0. The first-order valence-electron chi connectivity index (χ1n) is 5.73. The molecule has 3 nitrogen and oxygen atoms in total. The molecule has 0 saturated carbocycles. The van der Waals surface area contributed by atoms with E-state index in [1.165, 1.54) is 0 Å². The summed E-state index contributed by atoms with van der Waals surface area (Å²) in [5.74, 6) is -0.821. The highest BCUT2D eigenvalue weighted by atomic mass is 35.5. The Morgan fingerprint density at radius 1 is 1.53 bits per heavy atom. The summed E-state index contributed by atoms with van der Waals surface area (Å²) in [5.41, 5.74) is 1.82. The lowest BCUT2D eigenvalue weighted by Gasteiger charge is -2.30. The van der Waals surface area contributed by atoms with Crippen LogP contribution in [0.3, 0.4) is 0 Å². The fourth-order valence-electron chi connectivity index (χ4n) is 1.80. The van der Waals surface area contributed by atoms with Crippen molar-refractivity contribution in [3.63, 3.8) is 0 Å². The van der Waals surface area contributed by atoms with Gasteiger partial charge in [0.15, 0.2) is 0 Å². The molecule has 1 aromatic rings. The number of carboxylic acid groups (broad SMARTS) is 1. The zero-order chi connectivity index (χ0) is 13.0. The maximum absolute atomic E-state index is 11.1. The number of carbonyl (C=O) groups is 1. The molecule has 94 valence electrons. The lowest BCUT2D eigenvalue weighted by molar-refractivity contribution is -0.138. The average Bonchev–Trinajstić information content (AvgIpc) is 2.29. The van der Waals surface area contributed by atoms with Crippen LogP contribution >= 0.6 is 11.6 Å². The van der Waals surface area contributed by atoms with Crippen molar-refractivity contribution in [2.24, 2.45) is 0 Å². The second-order valence-corrected chi connectivity index (χ2v) is 4.50. The van der Waals surface area contributed by atoms with Gasteiger partial charge in [0.2, 0.25) is 0 Å². The molecule has 0 aliphatic heterocycles. The molecular formula is C13H18ClNO2. The van der Waals surface area contributed by atoms with E-state index in [0.717, 1.165) is 17.7 Å². The Morgan fingerprint density at radius 2 is 2.18 bits per heavy atom. The van der Waals surface area contributed by atoms with Crippen LogP contribution in [-0.2, 0) is 4.79 Å². The molecule has 0 heterocycles. The summed E-state index contributed by atoms with van der Waals surface area (Å²) in [5, 5.41) is 9.79. The molecule has 0 aliphatic rings. The summed E-state index contributed by atoms with van der Waals surface area (Å²) in [7, 11) is 0. The fourth-order valence-corrected chi connectivity index (χ4v) is 1.97. The number of carboxylic acids is 1. The zero-order valence-corrected chi connectivity index (χ0v) is 11.2. The van der Waals surface area contributed by atoms with Crippen molar-refractivity contribution in [3.05, 3.63) is 28.8 Å². The molecule has 0 spiro atoms. The molecule has 0 saturated heterocycles. The summed E-state index contributed by atoms with van der Waals surface area (Å²) in [6.07, 6.45) is 0.892. The molecule has 0 aromatic heterocycles. The van der Waals surface area contributed by atoms with Crippen LogP contribution in [0.1, 0.15) is 25.8 Å². The topological polar surface area (TPSA) is 40.5 Å². The number of aliphatic carboxylic acids is 1. The molecule has 0 amide bonds. The number of hydrogen-bond acceptors (Lipinski definition) is 2. The number of rotatable bonds is 5. The van der Waals surface area contributed by atoms with Gasteiger partial charge in [0, 0.05) is 17.3 Å². The van der Waals surface area contributed by atoms with Gasteiger partial charge in [-0.25, -0.2) is 4.79 Å². The van der Waals surface area contributed by atoms with Crippen LogP contribution in [0.4, 0.5) is 5.69 Å². The van der Waals surface area contributed by atoms with Crippen molar-refractivity contribution >= 4 is 23.3 Å². The summed E-state index contributed by atoms with van der Waals surface area (Å²) in [6, 6.07) is 5.03. The van der Waals surface area contributed by atoms with Gasteiger partial charge in [0.05, 0.1) is 0 Å². The van der Waals surface area contributed by atoms with Crippen LogP contribution < -0.4 is 4.90 Å². The molecule has 4 heteroatoms. The SMILES string of the molecule is CCCN(c1cccc(Cl)c1C)[C@H](C)C(=O)O. The Morgan fingerprint density at radius 3 is 2.71 bits per heavy atom. The van der Waals surface area contributed by atoms with Crippen molar-refractivity contribution in [1.29, 1.82) is 0 Å². The summed E-state index contributed by atoms with van der Waals surface area (Å²) >= 11 is 6.07. The smallest absolute Gasteiger partial charge is 0.326 e. The quantitative estimate of drug-likeness (QED) is 0.877. The van der Waals surface area contributed by atoms with Crippen molar-refractivity contribution in [1.82, 2.24) is 0 Å². The Hall–Kier alpha value is -1.22. The van der Waals surface area contributed by atoms with E-state index in [1.807, 2.05) is 36.9 Å². The van der Waals surface area contributed by atoms with E-state index in [-0.39, 0.29) is 0 Å². The zero-order valence-electron chi connectivity index (χ0n) is 10.4. The van der Waals surface area contributed by atoms with Gasteiger partial charge in [-0.05, 0) is 38.0 Å². The second kappa shape index (κ2) is 5.92. The van der Waals surface area contributed by atoms with E-state index < -0.39 is 12.0 Å². The molecule has 0 unspecified atom stereocenters. The number of anilines is 1. The Labute approximate surface area is 107 Å². The number of nitrogens with zero attached hydrogens (tertiary/aromatic N) is 1. The van der Waals surface area contributed by atoms with Gasteiger partial charge in [-0.2, -0.15) is 0 Å². The van der Waals surface area contributed by atoms with Gasteiger partial charge < -0.3 is 10.0 Å². The van der Waals surface area contributed by atoms with E-state index in [4.69, 9.17) is 16.7 Å². The van der Waals surface area contributed by atoms with Crippen LogP contribution in [0, 0.1) is 6.92 Å². The van der Waals surface area contributed by atoms with Crippen molar-refractivity contribution in [3.8, 4) is 0 Å². The van der Waals surface area contributed by atoms with Gasteiger partial charge in [-0.1, -0.05) is 24.6 Å². The van der Waals surface area contributed by atoms with E-state index in [0.29, 0.717) is 11.6 Å². The molecule has 1 N–H and O–H groups in total. The molecule has 0 fully saturated rings. The first kappa shape index (κ1) is 13.8. The minimum atomic E-state index is -0.821. The van der Waals surface area contributed by atoms with Crippen LogP contribution in [0.15, 0.2) is 18.2 Å². The van der Waals surface area contributed by atoms with E-state index in [1.54, 1.807) is 6.92 Å². The van der Waals surface area contributed by atoms with Crippen LogP contribution in [0.25, 0.3) is 0 Å². The maximum atomic E-state index is 11.1. The lowest BCUT2D eigenvalue weighted by Crippen LogP contribution is -2.40. The van der Waals surface area contributed by atoms with Crippen LogP contribution in [0.2, 0.25) is 5.02 Å². The normalized spacial score (nSPS) is 12.2. The highest BCUT2D eigenvalue weighted by molar-refractivity contribution is 6.31. The lowest BCUT2D eigenvalue weighted by atomic mass is 10.1. The summed E-state index contributed by atoms with van der Waals surface area (Å²) in [6.45, 7) is 6.34. The fraction of sp³-hybridized carbons (Fsp3) is 0.462. The average molecular weight is 256 g/mol. The summed E-state index contributed by atoms with van der Waals surface area (Å²) in [4.78, 5) is 13.0. The molecule has 1 atom stereocenters. The van der Waals surface area contributed by atoms with Gasteiger partial charge in [0.25, 0.3) is 0 Å². The van der Waals surface area contributed by atoms with Crippen molar-refractivity contribution < 1.29 is 9.90 Å². The van der Waals surface area contributed by atoms with Crippen molar-refractivity contribution in [2.45, 2.75) is 33.2 Å². The molecule has 1 rings (SSSR count). The predicted molar refractivity (Wildman–Crippen MR) is 70.9 cm³/mol. The number of benzene rings is 1. The Bertz CT molecular complexity index is 406. The first-order chi connectivity index (χ1) is 7.99. The standard InChI is InChI=1S/C13H18ClNO2/c1-4-8-15(10(3)13(16)17)12-7-5-6-11(14)9(12)2/h5-7,10H,4,8H2,1-3H3,(H,16,17)/t10-/m1/s1. The van der Waals surface area contributed by atoms with Crippen molar-refractivity contribution in [2.75, 3.05) is 11.4 Å². The van der Waals surface area contributed by atoms with Gasteiger partial charge in [-0.3, -0.25) is 0 Å². The molecule has 0 radical (unpaired) electrons. The van der Waals surface area contributed by atoms with Gasteiger partial charge in [-0.15, -0.1) is 0 Å². The Balaban J connectivity index is 3.13. The number of halogens is 1. The van der Waals surface area contributed by atoms with Gasteiger partial charge >= 0.3 is 5.97 Å². The number of hydrogen-bond donors (Lipinski definition) is 1. The first-order valence-corrected chi connectivity index (χ1v) is 6.11. The predicted octanol–water partition coefficient (Wildman–Crippen LogP) is 3.34. The Kier molecular flexibility index (Phi) is 4.82. The molecule has 1 aromatic carbocycles. The molecule has 0 aliphatic carbocycles. The maximum Gasteiger partial charge on any atom is 0.326 e. The highest BCUT2D eigenvalue weighted by Crippen LogP contribution is 2.28. The second-order valence-electron chi connectivity index (χ2n) is 4.09. The third-order valence-corrected chi connectivity index (χ3v) is 3.25. The highest BCUT2D eigenvalue weighted by Gasteiger charge is 2.21. The van der Waals surface area contributed by atoms with Gasteiger partial charge in [0.1, 0.15) is 6.04 Å². The third kappa shape index (κ3) is 3.13. The minimum Gasteiger partial charge on any atom is -0.480 e. The monoisotopic (exact) mass is 255 g/mol. The molecular weight excluding hydrogens is 238 g/mol. The minimum absolute atomic E-state index is 0.549. The van der Waals surface area contributed by atoms with E-state index in [2.05, 4.69) is 0 Å².